The number of ether oxygens (including phenoxy) is 1. The zero-order valence-corrected chi connectivity index (χ0v) is 7.97. The van der Waals surface area contributed by atoms with Gasteiger partial charge in [0.15, 0.2) is 0 Å². The zero-order chi connectivity index (χ0) is 9.84. The SMILES string of the molecule is C=C(C)Oc1ccc(C(=O)Cl)cc1. The van der Waals surface area contributed by atoms with Crippen molar-refractivity contribution in [3.63, 3.8) is 0 Å². The van der Waals surface area contributed by atoms with Crippen molar-refractivity contribution >= 4 is 16.8 Å². The Balaban J connectivity index is 2.81. The first-order valence-electron chi connectivity index (χ1n) is 3.73. The van der Waals surface area contributed by atoms with Crippen LogP contribution in [0.4, 0.5) is 0 Å². The normalized spacial score (nSPS) is 9.38. The molecule has 0 unspecified atom stereocenters. The molecule has 3 heteroatoms. The maximum atomic E-state index is 10.7. The fourth-order valence-electron chi connectivity index (χ4n) is 0.855. The predicted octanol–water partition coefficient (Wildman–Crippen LogP) is 2.98. The Kier molecular flexibility index (Phi) is 3.09. The molecule has 0 bridgehead atoms. The first-order valence-corrected chi connectivity index (χ1v) is 4.10. The Morgan fingerprint density at radius 3 is 2.31 bits per heavy atom. The summed E-state index contributed by atoms with van der Waals surface area (Å²) < 4.78 is 5.20. The van der Waals surface area contributed by atoms with Crippen molar-refractivity contribution in [1.29, 1.82) is 0 Å². The third-order valence-electron chi connectivity index (χ3n) is 1.37. The molecule has 0 heterocycles. The number of carbonyl (C=O) groups is 1. The van der Waals surface area contributed by atoms with Crippen LogP contribution in [0.1, 0.15) is 17.3 Å². The second-order valence-corrected chi connectivity index (χ2v) is 2.95. The third kappa shape index (κ3) is 2.92. The van der Waals surface area contributed by atoms with Crippen molar-refractivity contribution in [1.82, 2.24) is 0 Å². The molecule has 2 nitrogen and oxygen atoms in total. The molecule has 0 atom stereocenters. The van der Waals surface area contributed by atoms with Crippen LogP contribution < -0.4 is 4.74 Å². The highest BCUT2D eigenvalue weighted by Gasteiger charge is 2.00. The topological polar surface area (TPSA) is 26.3 Å². The average molecular weight is 197 g/mol. The maximum absolute atomic E-state index is 10.7. The molecular formula is C10H9ClO2. The zero-order valence-electron chi connectivity index (χ0n) is 7.21. The summed E-state index contributed by atoms with van der Waals surface area (Å²) >= 11 is 5.26. The van der Waals surface area contributed by atoms with Gasteiger partial charge in [-0.3, -0.25) is 4.79 Å². The van der Waals surface area contributed by atoms with Crippen LogP contribution in [-0.2, 0) is 0 Å². The van der Waals surface area contributed by atoms with E-state index in [1.165, 1.54) is 0 Å². The van der Waals surface area contributed by atoms with Gasteiger partial charge in [0.2, 0.25) is 0 Å². The molecule has 1 aromatic rings. The number of halogens is 1. The molecule has 1 aromatic carbocycles. The lowest BCUT2D eigenvalue weighted by atomic mass is 10.2. The summed E-state index contributed by atoms with van der Waals surface area (Å²) in [4.78, 5) is 10.7. The molecule has 0 aliphatic rings. The smallest absolute Gasteiger partial charge is 0.252 e. The Hall–Kier alpha value is -1.28. The molecule has 13 heavy (non-hydrogen) atoms. The van der Waals surface area contributed by atoms with Gasteiger partial charge in [0.25, 0.3) is 5.24 Å². The summed E-state index contributed by atoms with van der Waals surface area (Å²) in [6.45, 7) is 5.34. The van der Waals surface area contributed by atoms with Gasteiger partial charge < -0.3 is 4.74 Å². The van der Waals surface area contributed by atoms with Gasteiger partial charge in [-0.2, -0.15) is 0 Å². The van der Waals surface area contributed by atoms with Gasteiger partial charge >= 0.3 is 0 Å². The highest BCUT2D eigenvalue weighted by Crippen LogP contribution is 2.15. The number of hydrogen-bond donors (Lipinski definition) is 0. The van der Waals surface area contributed by atoms with E-state index in [0.29, 0.717) is 17.1 Å². The lowest BCUT2D eigenvalue weighted by Crippen LogP contribution is -1.91. The predicted molar refractivity (Wildman–Crippen MR) is 52.1 cm³/mol. The van der Waals surface area contributed by atoms with Gasteiger partial charge in [0, 0.05) is 5.56 Å². The van der Waals surface area contributed by atoms with E-state index in [1.807, 2.05) is 0 Å². The quantitative estimate of drug-likeness (QED) is 0.549. The van der Waals surface area contributed by atoms with Crippen LogP contribution in [0.2, 0.25) is 0 Å². The molecule has 0 saturated heterocycles. The second kappa shape index (κ2) is 4.10. The fourth-order valence-corrected chi connectivity index (χ4v) is 0.981. The van der Waals surface area contributed by atoms with Crippen molar-refractivity contribution in [2.75, 3.05) is 0 Å². The summed E-state index contributed by atoms with van der Waals surface area (Å²) in [7, 11) is 0. The van der Waals surface area contributed by atoms with Crippen LogP contribution >= 0.6 is 11.6 Å². The first-order chi connectivity index (χ1) is 6.09. The molecule has 1 rings (SSSR count). The van der Waals surface area contributed by atoms with Crippen molar-refractivity contribution in [2.45, 2.75) is 6.92 Å². The summed E-state index contributed by atoms with van der Waals surface area (Å²) in [5.74, 6) is 1.25. The fraction of sp³-hybridized carbons (Fsp3) is 0.100. The van der Waals surface area contributed by atoms with Gasteiger partial charge in [-0.05, 0) is 42.8 Å². The average Bonchev–Trinajstić information content (AvgIpc) is 2.04. The summed E-state index contributed by atoms with van der Waals surface area (Å²) in [6, 6.07) is 6.55. The van der Waals surface area contributed by atoms with Crippen LogP contribution in [0, 0.1) is 0 Å². The van der Waals surface area contributed by atoms with Gasteiger partial charge in [-0.25, -0.2) is 0 Å². The molecule has 0 saturated carbocycles. The summed E-state index contributed by atoms with van der Waals surface area (Å²) in [6.07, 6.45) is 0. The van der Waals surface area contributed by atoms with E-state index in [4.69, 9.17) is 16.3 Å². The molecule has 0 aromatic heterocycles. The molecule has 0 aliphatic carbocycles. The van der Waals surface area contributed by atoms with Gasteiger partial charge in [0.05, 0.1) is 5.76 Å². The van der Waals surface area contributed by atoms with E-state index >= 15 is 0 Å². The third-order valence-corrected chi connectivity index (χ3v) is 1.59. The molecule has 0 aliphatic heterocycles. The lowest BCUT2D eigenvalue weighted by molar-refractivity contribution is 0.108. The van der Waals surface area contributed by atoms with E-state index < -0.39 is 5.24 Å². The summed E-state index contributed by atoms with van der Waals surface area (Å²) in [5.41, 5.74) is 0.454. The van der Waals surface area contributed by atoms with Gasteiger partial charge in [-0.15, -0.1) is 0 Å². The highest BCUT2D eigenvalue weighted by atomic mass is 35.5. The highest BCUT2D eigenvalue weighted by molar-refractivity contribution is 6.67. The van der Waals surface area contributed by atoms with Crippen LogP contribution in [0.5, 0.6) is 5.75 Å². The molecule has 0 spiro atoms. The van der Waals surface area contributed by atoms with Crippen LogP contribution in [0.15, 0.2) is 36.6 Å². The van der Waals surface area contributed by atoms with E-state index in [1.54, 1.807) is 31.2 Å². The number of benzene rings is 1. The van der Waals surface area contributed by atoms with Gasteiger partial charge in [0.1, 0.15) is 5.75 Å². The van der Waals surface area contributed by atoms with E-state index in [2.05, 4.69) is 6.58 Å². The lowest BCUT2D eigenvalue weighted by Gasteiger charge is -2.03. The standard InChI is InChI=1S/C10H9ClO2/c1-7(2)13-9-5-3-8(4-6-9)10(11)12/h3-6H,1H2,2H3. The number of allylic oxidation sites excluding steroid dienone is 1. The Morgan fingerprint density at radius 2 is 1.92 bits per heavy atom. The largest absolute Gasteiger partial charge is 0.463 e. The Bertz CT molecular complexity index is 327. The Morgan fingerprint density at radius 1 is 1.38 bits per heavy atom. The molecule has 0 radical (unpaired) electrons. The molecule has 0 fully saturated rings. The first kappa shape index (κ1) is 9.81. The van der Waals surface area contributed by atoms with Crippen molar-refractivity contribution in [2.24, 2.45) is 0 Å². The molecule has 0 N–H and O–H groups in total. The van der Waals surface area contributed by atoms with Crippen molar-refractivity contribution in [3.05, 3.63) is 42.2 Å². The van der Waals surface area contributed by atoms with Gasteiger partial charge in [-0.1, -0.05) is 6.58 Å². The van der Waals surface area contributed by atoms with Crippen LogP contribution in [-0.4, -0.2) is 5.24 Å². The van der Waals surface area contributed by atoms with Crippen molar-refractivity contribution < 1.29 is 9.53 Å². The molecule has 68 valence electrons. The monoisotopic (exact) mass is 196 g/mol. The van der Waals surface area contributed by atoms with E-state index in [0.717, 1.165) is 0 Å². The van der Waals surface area contributed by atoms with E-state index in [-0.39, 0.29) is 0 Å². The number of carbonyl (C=O) groups excluding carboxylic acids is 1. The minimum absolute atomic E-state index is 0.454. The second-order valence-electron chi connectivity index (χ2n) is 2.60. The van der Waals surface area contributed by atoms with Crippen LogP contribution in [0.25, 0.3) is 0 Å². The molecule has 0 amide bonds. The van der Waals surface area contributed by atoms with Crippen LogP contribution in [0.3, 0.4) is 0 Å². The number of rotatable bonds is 3. The molecular weight excluding hydrogens is 188 g/mol. The number of hydrogen-bond acceptors (Lipinski definition) is 2. The minimum atomic E-state index is -0.470. The van der Waals surface area contributed by atoms with E-state index in [9.17, 15) is 4.79 Å². The minimum Gasteiger partial charge on any atom is -0.463 e. The Labute approximate surface area is 81.8 Å². The van der Waals surface area contributed by atoms with Crippen molar-refractivity contribution in [3.8, 4) is 5.75 Å². The summed E-state index contributed by atoms with van der Waals surface area (Å²) in [5, 5.41) is -0.470. The maximum Gasteiger partial charge on any atom is 0.252 e.